The molecule has 0 fully saturated rings. The summed E-state index contributed by atoms with van der Waals surface area (Å²) in [5.41, 5.74) is -0.670. The van der Waals surface area contributed by atoms with Gasteiger partial charge < -0.3 is 12.9 Å². The number of rotatable bonds is 2. The Balaban J connectivity index is 0.00000169. The van der Waals surface area contributed by atoms with Gasteiger partial charge in [-0.25, -0.2) is 4.39 Å². The van der Waals surface area contributed by atoms with Crippen molar-refractivity contribution in [2.24, 2.45) is 0 Å². The molecule has 0 aliphatic heterocycles. The van der Waals surface area contributed by atoms with E-state index < -0.39 is 18.3 Å². The molecule has 1 aromatic rings. The largest absolute Gasteiger partial charge is 1.00 e. The van der Waals surface area contributed by atoms with Gasteiger partial charge in [0, 0.05) is 0 Å². The summed E-state index contributed by atoms with van der Waals surface area (Å²) in [5, 5.41) is 0. The SMILES string of the molecule is CCc1cc(F)ccc1[B-](F)(F)F.[K+]. The van der Waals surface area contributed by atoms with Gasteiger partial charge in [-0.2, -0.15) is 0 Å². The molecule has 0 unspecified atom stereocenters. The smallest absolute Gasteiger partial charge is 0.445 e. The fraction of sp³-hybridized carbons (Fsp3) is 0.250. The molecule has 0 amide bonds. The summed E-state index contributed by atoms with van der Waals surface area (Å²) in [6.07, 6.45) is 0.189. The van der Waals surface area contributed by atoms with E-state index in [1.165, 1.54) is 0 Å². The molecule has 0 aliphatic carbocycles. The van der Waals surface area contributed by atoms with Gasteiger partial charge in [0.2, 0.25) is 0 Å². The molecule has 0 aromatic heterocycles. The average Bonchev–Trinajstić information content (AvgIpc) is 2.01. The molecule has 0 atom stereocenters. The molecule has 0 aliphatic rings. The predicted molar refractivity (Wildman–Crippen MR) is 44.5 cm³/mol. The van der Waals surface area contributed by atoms with Gasteiger partial charge in [-0.1, -0.05) is 18.6 Å². The van der Waals surface area contributed by atoms with Gasteiger partial charge in [0.05, 0.1) is 0 Å². The molecule has 72 valence electrons. The van der Waals surface area contributed by atoms with E-state index in [2.05, 4.69) is 0 Å². The van der Waals surface area contributed by atoms with Crippen LogP contribution in [0.3, 0.4) is 0 Å². The second-order valence-electron chi connectivity index (χ2n) is 2.77. The van der Waals surface area contributed by atoms with Crippen LogP contribution in [0.1, 0.15) is 12.5 Å². The van der Waals surface area contributed by atoms with Crippen molar-refractivity contribution in [3.63, 3.8) is 0 Å². The van der Waals surface area contributed by atoms with Crippen molar-refractivity contribution in [1.29, 1.82) is 0 Å². The number of hydrogen-bond acceptors (Lipinski definition) is 0. The molecule has 0 spiro atoms. The molecule has 0 heterocycles. The Labute approximate surface area is 123 Å². The van der Waals surface area contributed by atoms with Crippen LogP contribution in [0, 0.1) is 5.82 Å². The summed E-state index contributed by atoms with van der Waals surface area (Å²) in [5.74, 6) is -0.624. The van der Waals surface area contributed by atoms with Gasteiger partial charge in [-0.05, 0) is 18.6 Å². The molecule has 0 nitrogen and oxygen atoms in total. The Morgan fingerprint density at radius 3 is 2.21 bits per heavy atom. The zero-order chi connectivity index (χ0) is 10.1. The van der Waals surface area contributed by atoms with Gasteiger partial charge in [0.1, 0.15) is 5.82 Å². The topological polar surface area (TPSA) is 0 Å². The molecular formula is C8H8BF4K. The van der Waals surface area contributed by atoms with Crippen LogP contribution >= 0.6 is 0 Å². The van der Waals surface area contributed by atoms with Crippen molar-refractivity contribution in [3.05, 3.63) is 29.6 Å². The van der Waals surface area contributed by atoms with Crippen molar-refractivity contribution in [2.75, 3.05) is 0 Å². The first-order valence-electron chi connectivity index (χ1n) is 3.93. The summed E-state index contributed by atoms with van der Waals surface area (Å²) in [4.78, 5) is 0. The first-order valence-corrected chi connectivity index (χ1v) is 3.93. The van der Waals surface area contributed by atoms with Crippen molar-refractivity contribution in [1.82, 2.24) is 0 Å². The molecule has 0 saturated heterocycles. The minimum Gasteiger partial charge on any atom is -0.445 e. The summed E-state index contributed by atoms with van der Waals surface area (Å²) >= 11 is 0. The maximum absolute atomic E-state index is 12.6. The number of halogens is 4. The predicted octanol–water partition coefficient (Wildman–Crippen LogP) is -0.554. The summed E-state index contributed by atoms with van der Waals surface area (Å²) in [6.45, 7) is -3.45. The standard InChI is InChI=1S/C8H8BF4.K/c1-2-6-5-7(10)3-4-8(6)9(11,12)13;/h3-5H,2H2,1H3;/q-1;+1. The van der Waals surface area contributed by atoms with Crippen LogP contribution in [0.4, 0.5) is 17.3 Å². The second kappa shape index (κ2) is 5.65. The quantitative estimate of drug-likeness (QED) is 0.472. The van der Waals surface area contributed by atoms with E-state index in [-0.39, 0.29) is 63.4 Å². The summed E-state index contributed by atoms with van der Waals surface area (Å²) in [6, 6.07) is 2.57. The third kappa shape index (κ3) is 3.66. The maximum atomic E-state index is 12.6. The first-order chi connectivity index (χ1) is 5.95. The van der Waals surface area contributed by atoms with Crippen LogP contribution in [0.15, 0.2) is 18.2 Å². The van der Waals surface area contributed by atoms with Crippen molar-refractivity contribution in [3.8, 4) is 0 Å². The van der Waals surface area contributed by atoms with Gasteiger partial charge in [0.15, 0.2) is 0 Å². The molecular weight excluding hydrogens is 222 g/mol. The number of benzene rings is 1. The zero-order valence-corrected chi connectivity index (χ0v) is 11.2. The van der Waals surface area contributed by atoms with Gasteiger partial charge >= 0.3 is 58.4 Å². The maximum Gasteiger partial charge on any atom is 1.00 e. The Morgan fingerprint density at radius 1 is 1.21 bits per heavy atom. The third-order valence-corrected chi connectivity index (χ3v) is 1.84. The van der Waals surface area contributed by atoms with E-state index in [4.69, 9.17) is 0 Å². The summed E-state index contributed by atoms with van der Waals surface area (Å²) < 4.78 is 49.5. The minimum atomic E-state index is -5.02. The normalized spacial score (nSPS) is 10.9. The van der Waals surface area contributed by atoms with Crippen LogP contribution in [-0.2, 0) is 6.42 Å². The van der Waals surface area contributed by atoms with E-state index >= 15 is 0 Å². The van der Waals surface area contributed by atoms with E-state index in [0.29, 0.717) is 0 Å². The molecule has 14 heavy (non-hydrogen) atoms. The second-order valence-corrected chi connectivity index (χ2v) is 2.77. The van der Waals surface area contributed by atoms with Crippen LogP contribution in [0.25, 0.3) is 0 Å². The van der Waals surface area contributed by atoms with Gasteiger partial charge in [-0.3, -0.25) is 0 Å². The van der Waals surface area contributed by atoms with Crippen LogP contribution in [0.2, 0.25) is 0 Å². The average molecular weight is 230 g/mol. The van der Waals surface area contributed by atoms with E-state index in [1.807, 2.05) is 0 Å². The van der Waals surface area contributed by atoms with E-state index in [0.717, 1.165) is 18.2 Å². The Bertz CT molecular complexity index is 311. The van der Waals surface area contributed by atoms with Crippen molar-refractivity contribution >= 4 is 12.4 Å². The van der Waals surface area contributed by atoms with Crippen LogP contribution < -0.4 is 56.8 Å². The van der Waals surface area contributed by atoms with Crippen LogP contribution in [-0.4, -0.2) is 6.98 Å². The fourth-order valence-electron chi connectivity index (χ4n) is 1.20. The Kier molecular flexibility index (Phi) is 5.91. The zero-order valence-electron chi connectivity index (χ0n) is 8.03. The first kappa shape index (κ1) is 14.6. The number of aryl methyl sites for hydroxylation is 1. The molecule has 0 bridgehead atoms. The molecule has 0 saturated carbocycles. The van der Waals surface area contributed by atoms with Gasteiger partial charge in [0.25, 0.3) is 0 Å². The van der Waals surface area contributed by atoms with E-state index in [1.54, 1.807) is 6.92 Å². The Morgan fingerprint density at radius 2 is 1.79 bits per heavy atom. The number of hydrogen-bond donors (Lipinski definition) is 0. The van der Waals surface area contributed by atoms with Crippen molar-refractivity contribution in [2.45, 2.75) is 13.3 Å². The van der Waals surface area contributed by atoms with Crippen molar-refractivity contribution < 1.29 is 68.7 Å². The molecule has 0 radical (unpaired) electrons. The van der Waals surface area contributed by atoms with Crippen LogP contribution in [0.5, 0.6) is 0 Å². The minimum absolute atomic E-state index is 0. The fourth-order valence-corrected chi connectivity index (χ4v) is 1.20. The van der Waals surface area contributed by atoms with E-state index in [9.17, 15) is 17.3 Å². The molecule has 1 rings (SSSR count). The monoisotopic (exact) mass is 230 g/mol. The van der Waals surface area contributed by atoms with Gasteiger partial charge in [-0.15, -0.1) is 5.46 Å². The Hall–Kier alpha value is 0.641. The third-order valence-electron chi connectivity index (χ3n) is 1.84. The molecule has 6 heteroatoms. The molecule has 1 aromatic carbocycles. The molecule has 0 N–H and O–H groups in total. The summed E-state index contributed by atoms with van der Waals surface area (Å²) in [7, 11) is 0.